The van der Waals surface area contributed by atoms with Crippen LogP contribution in [0.5, 0.6) is 0 Å². The topological polar surface area (TPSA) is 73.5 Å². The number of carbonyl (C=O) groups excluding carboxylic acids is 2. The standard InChI is InChI=1S/C13H24N4O2/c1-8(2)9(3)15-13(19)16-10-4-12(18)17(7-10)11-5-14-6-11/h8-11,14H,4-7H2,1-3H3,(H2,15,16,19). The molecular weight excluding hydrogens is 244 g/mol. The number of hydrogen-bond acceptors (Lipinski definition) is 3. The Morgan fingerprint density at radius 1 is 1.37 bits per heavy atom. The first-order valence-electron chi connectivity index (χ1n) is 7.04. The number of nitrogens with zero attached hydrogens (tertiary/aromatic N) is 1. The van der Waals surface area contributed by atoms with Crippen molar-refractivity contribution in [1.29, 1.82) is 0 Å². The van der Waals surface area contributed by atoms with Crippen molar-refractivity contribution in [3.05, 3.63) is 0 Å². The van der Waals surface area contributed by atoms with Gasteiger partial charge in [0.1, 0.15) is 0 Å². The molecule has 3 amide bonds. The van der Waals surface area contributed by atoms with Gasteiger partial charge in [0.15, 0.2) is 0 Å². The maximum absolute atomic E-state index is 11.9. The van der Waals surface area contributed by atoms with E-state index in [0.717, 1.165) is 13.1 Å². The van der Waals surface area contributed by atoms with Crippen molar-refractivity contribution in [3.63, 3.8) is 0 Å². The molecule has 0 radical (unpaired) electrons. The fraction of sp³-hybridized carbons (Fsp3) is 0.846. The molecule has 19 heavy (non-hydrogen) atoms. The van der Waals surface area contributed by atoms with Gasteiger partial charge in [-0.3, -0.25) is 4.79 Å². The molecule has 2 fully saturated rings. The summed E-state index contributed by atoms with van der Waals surface area (Å²) in [6.07, 6.45) is 0.417. The molecule has 2 rings (SSSR count). The molecule has 6 nitrogen and oxygen atoms in total. The number of carbonyl (C=O) groups is 2. The first-order chi connectivity index (χ1) is 8.97. The zero-order valence-corrected chi connectivity index (χ0v) is 11.9. The highest BCUT2D eigenvalue weighted by atomic mass is 16.2. The second-order valence-corrected chi connectivity index (χ2v) is 5.91. The van der Waals surface area contributed by atoms with Gasteiger partial charge >= 0.3 is 6.03 Å². The van der Waals surface area contributed by atoms with Crippen LogP contribution in [0.2, 0.25) is 0 Å². The van der Waals surface area contributed by atoms with E-state index in [9.17, 15) is 9.59 Å². The van der Waals surface area contributed by atoms with Crippen LogP contribution in [0, 0.1) is 5.92 Å². The van der Waals surface area contributed by atoms with Crippen LogP contribution in [0.15, 0.2) is 0 Å². The van der Waals surface area contributed by atoms with E-state index >= 15 is 0 Å². The molecule has 0 saturated carbocycles. The lowest BCUT2D eigenvalue weighted by molar-refractivity contribution is -0.130. The molecule has 2 unspecified atom stereocenters. The number of nitrogens with one attached hydrogen (secondary N) is 3. The van der Waals surface area contributed by atoms with Crippen molar-refractivity contribution in [3.8, 4) is 0 Å². The molecule has 0 aromatic heterocycles. The maximum atomic E-state index is 11.9. The minimum Gasteiger partial charge on any atom is -0.335 e. The Morgan fingerprint density at radius 2 is 2.05 bits per heavy atom. The normalized spacial score (nSPS) is 25.4. The molecule has 0 aliphatic carbocycles. The quantitative estimate of drug-likeness (QED) is 0.667. The zero-order valence-electron chi connectivity index (χ0n) is 11.9. The second-order valence-electron chi connectivity index (χ2n) is 5.91. The summed E-state index contributed by atoms with van der Waals surface area (Å²) < 4.78 is 0. The third kappa shape index (κ3) is 3.37. The van der Waals surface area contributed by atoms with Gasteiger partial charge in [-0.25, -0.2) is 4.79 Å². The number of urea groups is 1. The lowest BCUT2D eigenvalue weighted by Gasteiger charge is -2.35. The minimum absolute atomic E-state index is 0.0625. The van der Waals surface area contributed by atoms with E-state index < -0.39 is 0 Å². The van der Waals surface area contributed by atoms with Crippen molar-refractivity contribution in [1.82, 2.24) is 20.9 Å². The third-order valence-corrected chi connectivity index (χ3v) is 4.05. The minimum atomic E-state index is -0.174. The number of rotatable bonds is 4. The predicted octanol–water partition coefficient (Wildman–Crippen LogP) is -0.0972. The largest absolute Gasteiger partial charge is 0.335 e. The van der Waals surface area contributed by atoms with E-state index in [1.807, 2.05) is 11.8 Å². The lowest BCUT2D eigenvalue weighted by Crippen LogP contribution is -2.58. The van der Waals surface area contributed by atoms with Gasteiger partial charge in [0.25, 0.3) is 0 Å². The van der Waals surface area contributed by atoms with Crippen LogP contribution in [0.25, 0.3) is 0 Å². The fourth-order valence-electron chi connectivity index (χ4n) is 2.28. The van der Waals surface area contributed by atoms with Crippen LogP contribution in [-0.4, -0.2) is 54.6 Å². The second kappa shape index (κ2) is 5.77. The maximum Gasteiger partial charge on any atom is 0.315 e. The molecule has 0 bridgehead atoms. The number of hydrogen-bond donors (Lipinski definition) is 3. The summed E-state index contributed by atoms with van der Waals surface area (Å²) in [5, 5.41) is 8.96. The summed E-state index contributed by atoms with van der Waals surface area (Å²) in [6, 6.07) is 0.209. The van der Waals surface area contributed by atoms with Crippen LogP contribution in [0.3, 0.4) is 0 Å². The molecule has 108 valence electrons. The van der Waals surface area contributed by atoms with E-state index in [-0.39, 0.29) is 24.0 Å². The Labute approximate surface area is 114 Å². The van der Waals surface area contributed by atoms with Gasteiger partial charge < -0.3 is 20.9 Å². The summed E-state index contributed by atoms with van der Waals surface area (Å²) in [5.74, 6) is 0.544. The predicted molar refractivity (Wildman–Crippen MR) is 72.7 cm³/mol. The highest BCUT2D eigenvalue weighted by molar-refractivity contribution is 5.82. The van der Waals surface area contributed by atoms with E-state index in [1.54, 1.807) is 0 Å². The van der Waals surface area contributed by atoms with E-state index in [0.29, 0.717) is 24.9 Å². The summed E-state index contributed by atoms with van der Waals surface area (Å²) in [4.78, 5) is 25.6. The molecule has 2 aliphatic rings. The molecule has 6 heteroatoms. The molecule has 2 atom stereocenters. The Kier molecular flexibility index (Phi) is 4.29. The average Bonchev–Trinajstić information content (AvgIpc) is 2.56. The van der Waals surface area contributed by atoms with Crippen LogP contribution in [-0.2, 0) is 4.79 Å². The summed E-state index contributed by atoms with van der Waals surface area (Å²) in [7, 11) is 0. The van der Waals surface area contributed by atoms with Gasteiger partial charge in [-0.05, 0) is 12.8 Å². The Bertz CT molecular complexity index is 355. The van der Waals surface area contributed by atoms with Crippen molar-refractivity contribution in [2.24, 2.45) is 5.92 Å². The molecule has 2 saturated heterocycles. The van der Waals surface area contributed by atoms with Crippen molar-refractivity contribution < 1.29 is 9.59 Å². The monoisotopic (exact) mass is 268 g/mol. The summed E-state index contributed by atoms with van der Waals surface area (Å²) in [5.41, 5.74) is 0. The highest BCUT2D eigenvalue weighted by Gasteiger charge is 2.37. The Hall–Kier alpha value is -1.30. The van der Waals surface area contributed by atoms with Gasteiger partial charge in [-0.15, -0.1) is 0 Å². The third-order valence-electron chi connectivity index (χ3n) is 4.05. The first-order valence-corrected chi connectivity index (χ1v) is 7.04. The summed E-state index contributed by atoms with van der Waals surface area (Å²) >= 11 is 0. The van der Waals surface area contributed by atoms with Crippen molar-refractivity contribution in [2.75, 3.05) is 19.6 Å². The van der Waals surface area contributed by atoms with E-state index in [2.05, 4.69) is 29.8 Å². The van der Waals surface area contributed by atoms with Crippen LogP contribution >= 0.6 is 0 Å². The van der Waals surface area contributed by atoms with Crippen molar-refractivity contribution >= 4 is 11.9 Å². The van der Waals surface area contributed by atoms with Gasteiger partial charge in [-0.1, -0.05) is 13.8 Å². The molecular formula is C13H24N4O2. The average molecular weight is 268 g/mol. The van der Waals surface area contributed by atoms with Gasteiger partial charge in [0.2, 0.25) is 5.91 Å². The molecule has 2 aliphatic heterocycles. The number of amides is 3. The van der Waals surface area contributed by atoms with Crippen molar-refractivity contribution in [2.45, 2.75) is 45.3 Å². The van der Waals surface area contributed by atoms with Gasteiger partial charge in [0, 0.05) is 32.1 Å². The zero-order chi connectivity index (χ0) is 14.0. The van der Waals surface area contributed by atoms with E-state index in [1.165, 1.54) is 0 Å². The fourth-order valence-corrected chi connectivity index (χ4v) is 2.28. The summed E-state index contributed by atoms with van der Waals surface area (Å²) in [6.45, 7) is 8.49. The molecule has 0 aromatic carbocycles. The SMILES string of the molecule is CC(C)C(C)NC(=O)NC1CC(=O)N(C2CNC2)C1. The first kappa shape index (κ1) is 14.1. The van der Waals surface area contributed by atoms with Crippen LogP contribution in [0.1, 0.15) is 27.2 Å². The van der Waals surface area contributed by atoms with Crippen LogP contribution in [0.4, 0.5) is 4.79 Å². The smallest absolute Gasteiger partial charge is 0.315 e. The Morgan fingerprint density at radius 3 is 2.58 bits per heavy atom. The molecule has 0 aromatic rings. The Balaban J connectivity index is 1.77. The van der Waals surface area contributed by atoms with Gasteiger partial charge in [-0.2, -0.15) is 0 Å². The molecule has 3 N–H and O–H groups in total. The van der Waals surface area contributed by atoms with Gasteiger partial charge in [0.05, 0.1) is 12.1 Å². The lowest BCUT2D eigenvalue weighted by atomic mass is 10.1. The van der Waals surface area contributed by atoms with Crippen LogP contribution < -0.4 is 16.0 Å². The molecule has 2 heterocycles. The highest BCUT2D eigenvalue weighted by Crippen LogP contribution is 2.16. The molecule has 0 spiro atoms. The number of likely N-dealkylation sites (tertiary alicyclic amines) is 1. The van der Waals surface area contributed by atoms with E-state index in [4.69, 9.17) is 0 Å².